The van der Waals surface area contributed by atoms with Crippen molar-refractivity contribution < 1.29 is 5.48 Å². The molecule has 0 unspecified atom stereocenters. The molecule has 0 saturated carbocycles. The molecule has 0 bridgehead atoms. The Morgan fingerprint density at radius 1 is 0.429 bits per heavy atom. The van der Waals surface area contributed by atoms with Gasteiger partial charge < -0.3 is 11.2 Å². The van der Waals surface area contributed by atoms with Crippen molar-refractivity contribution in [2.75, 3.05) is 0 Å². The molecule has 0 radical (unpaired) electrons. The molecule has 0 fully saturated rings. The van der Waals surface area contributed by atoms with Crippen LogP contribution in [0, 0.1) is 0 Å². The lowest BCUT2D eigenvalue weighted by molar-refractivity contribution is 0.302. The van der Waals surface area contributed by atoms with Crippen molar-refractivity contribution in [1.82, 2.24) is 0 Å². The summed E-state index contributed by atoms with van der Waals surface area (Å²) in [5, 5.41) is 0. The largest absolute Gasteiger partial charge is 0.412 e. The van der Waals surface area contributed by atoms with Gasteiger partial charge in [0.25, 0.3) is 0 Å². The standard InChI is InChI=1S/C25H53N.ClH.H2O/c1-4-7-10-13-16-19-22-25(26,23-20-17-14-11-8-5-2)24-21-18-15-12-9-6-3;;/h4-24,26H2,1-3H3;1H;1H2. The molecule has 28 heavy (non-hydrogen) atoms. The van der Waals surface area contributed by atoms with Crippen LogP contribution < -0.4 is 5.73 Å². The molecule has 0 aliphatic heterocycles. The van der Waals surface area contributed by atoms with Crippen molar-refractivity contribution in [3.8, 4) is 0 Å². The summed E-state index contributed by atoms with van der Waals surface area (Å²) in [6.45, 7) is 6.89. The Morgan fingerprint density at radius 2 is 0.643 bits per heavy atom. The van der Waals surface area contributed by atoms with Gasteiger partial charge in [0.2, 0.25) is 0 Å². The summed E-state index contributed by atoms with van der Waals surface area (Å²) in [6, 6.07) is 0. The summed E-state index contributed by atoms with van der Waals surface area (Å²) in [7, 11) is 0. The normalized spacial score (nSPS) is 11.1. The first-order valence-corrected chi connectivity index (χ1v) is 12.5. The van der Waals surface area contributed by atoms with E-state index in [4.69, 9.17) is 5.73 Å². The van der Waals surface area contributed by atoms with E-state index in [2.05, 4.69) is 20.8 Å². The van der Waals surface area contributed by atoms with Gasteiger partial charge in [-0.3, -0.25) is 0 Å². The minimum absolute atomic E-state index is 0. The molecule has 0 spiro atoms. The Morgan fingerprint density at radius 3 is 0.893 bits per heavy atom. The number of hydrogen-bond donors (Lipinski definition) is 1. The lowest BCUT2D eigenvalue weighted by atomic mass is 9.82. The van der Waals surface area contributed by atoms with Gasteiger partial charge in [-0.1, -0.05) is 136 Å². The van der Waals surface area contributed by atoms with Crippen LogP contribution in [0.5, 0.6) is 0 Å². The second-order valence-corrected chi connectivity index (χ2v) is 8.92. The highest BCUT2D eigenvalue weighted by atomic mass is 35.5. The third kappa shape index (κ3) is 22.5. The van der Waals surface area contributed by atoms with E-state index in [1.165, 1.54) is 135 Å². The zero-order chi connectivity index (χ0) is 19.3. The minimum atomic E-state index is 0. The van der Waals surface area contributed by atoms with E-state index in [0.717, 1.165) is 0 Å². The number of hydrogen-bond acceptors (Lipinski definition) is 1. The summed E-state index contributed by atoms with van der Waals surface area (Å²) in [5.74, 6) is 0. The Hall–Kier alpha value is 0.210. The first-order valence-electron chi connectivity index (χ1n) is 12.5. The van der Waals surface area contributed by atoms with Crippen molar-refractivity contribution in [1.29, 1.82) is 0 Å². The average Bonchev–Trinajstić information content (AvgIpc) is 2.64. The van der Waals surface area contributed by atoms with E-state index in [9.17, 15) is 0 Å². The number of halogens is 1. The molecule has 0 aromatic rings. The predicted octanol–water partition coefficient (Wildman–Crippen LogP) is 8.53. The highest BCUT2D eigenvalue weighted by molar-refractivity contribution is 5.85. The van der Waals surface area contributed by atoms with E-state index in [0.29, 0.717) is 0 Å². The Kier molecular flexibility index (Phi) is 29.6. The van der Waals surface area contributed by atoms with Crippen LogP contribution in [0.15, 0.2) is 0 Å². The number of rotatable bonds is 21. The molecule has 0 aromatic heterocycles. The number of unbranched alkanes of at least 4 members (excludes halogenated alkanes) is 15. The Balaban J connectivity index is -0.00000312. The lowest BCUT2D eigenvalue weighted by Gasteiger charge is -2.30. The summed E-state index contributed by atoms with van der Waals surface area (Å²) >= 11 is 0. The zero-order valence-electron chi connectivity index (χ0n) is 19.8. The Bertz CT molecular complexity index is 232. The number of nitrogens with two attached hydrogens (primary N) is 1. The molecule has 0 aromatic carbocycles. The smallest absolute Gasteiger partial charge is 0.0154 e. The van der Waals surface area contributed by atoms with Crippen molar-refractivity contribution in [3.63, 3.8) is 0 Å². The van der Waals surface area contributed by atoms with Gasteiger partial charge in [-0.05, 0) is 19.3 Å². The molecule has 0 aliphatic carbocycles. The second-order valence-electron chi connectivity index (χ2n) is 8.92. The van der Waals surface area contributed by atoms with E-state index in [1.54, 1.807) is 0 Å². The third-order valence-electron chi connectivity index (χ3n) is 6.08. The molecule has 0 saturated heterocycles. The lowest BCUT2D eigenvalue weighted by Crippen LogP contribution is -2.39. The molecule has 0 heterocycles. The van der Waals surface area contributed by atoms with Crippen LogP contribution in [-0.2, 0) is 0 Å². The van der Waals surface area contributed by atoms with Crippen LogP contribution in [0.1, 0.15) is 156 Å². The average molecular weight is 422 g/mol. The summed E-state index contributed by atoms with van der Waals surface area (Å²) in [5.41, 5.74) is 7.06. The van der Waals surface area contributed by atoms with E-state index >= 15 is 0 Å². The topological polar surface area (TPSA) is 57.5 Å². The van der Waals surface area contributed by atoms with Crippen LogP contribution in [0.4, 0.5) is 0 Å². The molecule has 0 atom stereocenters. The third-order valence-corrected chi connectivity index (χ3v) is 6.08. The minimum Gasteiger partial charge on any atom is -0.412 e. The van der Waals surface area contributed by atoms with Gasteiger partial charge >= 0.3 is 0 Å². The van der Waals surface area contributed by atoms with Crippen molar-refractivity contribution in [3.05, 3.63) is 0 Å². The summed E-state index contributed by atoms with van der Waals surface area (Å²) in [4.78, 5) is 0. The Labute approximate surface area is 184 Å². The molecule has 0 rings (SSSR count). The maximum absolute atomic E-state index is 6.92. The van der Waals surface area contributed by atoms with Crippen LogP contribution >= 0.6 is 12.4 Å². The highest BCUT2D eigenvalue weighted by Crippen LogP contribution is 2.27. The zero-order valence-corrected chi connectivity index (χ0v) is 20.7. The molecule has 0 amide bonds. The molecule has 2 nitrogen and oxygen atoms in total. The van der Waals surface area contributed by atoms with Gasteiger partial charge in [0, 0.05) is 5.54 Å². The van der Waals surface area contributed by atoms with Gasteiger partial charge in [0.05, 0.1) is 0 Å². The monoisotopic (exact) mass is 421 g/mol. The van der Waals surface area contributed by atoms with Crippen LogP contribution in [0.25, 0.3) is 0 Å². The van der Waals surface area contributed by atoms with Gasteiger partial charge in [-0.2, -0.15) is 0 Å². The van der Waals surface area contributed by atoms with Gasteiger partial charge in [-0.15, -0.1) is 12.4 Å². The van der Waals surface area contributed by atoms with E-state index < -0.39 is 0 Å². The molecular formula is C25H56ClNO. The molecule has 0 aliphatic rings. The van der Waals surface area contributed by atoms with Crippen LogP contribution in [-0.4, -0.2) is 11.0 Å². The molecule has 4 N–H and O–H groups in total. The van der Waals surface area contributed by atoms with Gasteiger partial charge in [0.1, 0.15) is 0 Å². The van der Waals surface area contributed by atoms with Crippen molar-refractivity contribution in [2.24, 2.45) is 5.73 Å². The van der Waals surface area contributed by atoms with E-state index in [1.807, 2.05) is 0 Å². The predicted molar refractivity (Wildman–Crippen MR) is 132 cm³/mol. The fourth-order valence-corrected chi connectivity index (χ4v) is 4.15. The van der Waals surface area contributed by atoms with Crippen molar-refractivity contribution in [2.45, 2.75) is 161 Å². The fraction of sp³-hybridized carbons (Fsp3) is 1.00. The highest BCUT2D eigenvalue weighted by Gasteiger charge is 2.23. The quantitative estimate of drug-likeness (QED) is 0.185. The molecular weight excluding hydrogens is 366 g/mol. The maximum Gasteiger partial charge on any atom is 0.0154 e. The second kappa shape index (κ2) is 25.2. The van der Waals surface area contributed by atoms with Gasteiger partial charge in [0.15, 0.2) is 0 Å². The fourth-order valence-electron chi connectivity index (χ4n) is 4.15. The van der Waals surface area contributed by atoms with Crippen LogP contribution in [0.2, 0.25) is 0 Å². The molecule has 174 valence electrons. The van der Waals surface area contributed by atoms with Crippen LogP contribution in [0.3, 0.4) is 0 Å². The summed E-state index contributed by atoms with van der Waals surface area (Å²) in [6.07, 6.45) is 28.8. The molecule has 3 heteroatoms. The van der Waals surface area contributed by atoms with Crippen molar-refractivity contribution >= 4 is 12.4 Å². The maximum atomic E-state index is 6.92. The first-order chi connectivity index (χ1) is 12.7. The van der Waals surface area contributed by atoms with Gasteiger partial charge in [-0.25, -0.2) is 0 Å². The van der Waals surface area contributed by atoms with E-state index in [-0.39, 0.29) is 23.4 Å². The first kappa shape index (κ1) is 32.9. The SMILES string of the molecule is CCCCCCCCC(N)(CCCCCCCC)CCCCCCCC.Cl.O. The summed E-state index contributed by atoms with van der Waals surface area (Å²) < 4.78 is 0.